The topological polar surface area (TPSA) is 47.2 Å². The van der Waals surface area contributed by atoms with E-state index in [1.807, 2.05) is 17.7 Å². The van der Waals surface area contributed by atoms with E-state index in [4.69, 9.17) is 0 Å². The van der Waals surface area contributed by atoms with Crippen molar-refractivity contribution in [1.29, 1.82) is 0 Å². The lowest BCUT2D eigenvalue weighted by Gasteiger charge is -2.09. The van der Waals surface area contributed by atoms with Crippen LogP contribution in [0.25, 0.3) is 0 Å². The van der Waals surface area contributed by atoms with Gasteiger partial charge >= 0.3 is 0 Å². The van der Waals surface area contributed by atoms with Gasteiger partial charge in [-0.1, -0.05) is 0 Å². The Morgan fingerprint density at radius 3 is 3.08 bits per heavy atom. The summed E-state index contributed by atoms with van der Waals surface area (Å²) in [5, 5.41) is 4.15. The van der Waals surface area contributed by atoms with Crippen LogP contribution in [0.1, 0.15) is 25.5 Å². The largest absolute Gasteiger partial charge is 0.267 e. The highest BCUT2D eigenvalue weighted by Gasteiger charge is 2.47. The molecule has 1 fully saturated rings. The monoisotopic (exact) mass is 177 g/mol. The molecule has 0 spiro atoms. The molecule has 0 bridgehead atoms. The first-order valence-electron chi connectivity index (χ1n) is 4.44. The van der Waals surface area contributed by atoms with Gasteiger partial charge in [0.05, 0.1) is 5.69 Å². The maximum atomic E-state index is 10.2. The normalized spacial score (nSPS) is 17.9. The number of aromatic nitrogens is 2. The first-order valence-corrected chi connectivity index (χ1v) is 4.44. The van der Waals surface area contributed by atoms with Gasteiger partial charge in [-0.3, -0.25) is 4.68 Å². The molecular weight excluding hydrogens is 166 g/mol. The van der Waals surface area contributed by atoms with Gasteiger partial charge in [0, 0.05) is 12.7 Å². The summed E-state index contributed by atoms with van der Waals surface area (Å²) >= 11 is 0. The first-order chi connectivity index (χ1) is 6.32. The van der Waals surface area contributed by atoms with Crippen molar-refractivity contribution in [3.63, 3.8) is 0 Å². The Kier molecular flexibility index (Phi) is 1.78. The van der Waals surface area contributed by atoms with Crippen LogP contribution >= 0.6 is 0 Å². The maximum absolute atomic E-state index is 10.2. The number of aryl methyl sites for hydroxylation is 1. The third-order valence-electron chi connectivity index (χ3n) is 2.48. The smallest absolute Gasteiger partial charge is 0.235 e. The third kappa shape index (κ3) is 1.19. The van der Waals surface area contributed by atoms with Crippen molar-refractivity contribution in [1.82, 2.24) is 9.78 Å². The molecule has 0 atom stereocenters. The zero-order valence-electron chi connectivity index (χ0n) is 7.53. The molecule has 2 rings (SSSR count). The SMILES string of the molecule is CCn1nccc1C1(N=C=O)CC1. The zero-order chi connectivity index (χ0) is 9.31. The van der Waals surface area contributed by atoms with Gasteiger partial charge in [-0.25, -0.2) is 4.79 Å². The van der Waals surface area contributed by atoms with E-state index in [1.54, 1.807) is 12.3 Å². The number of hydrogen-bond acceptors (Lipinski definition) is 3. The van der Waals surface area contributed by atoms with Crippen LogP contribution in [0.2, 0.25) is 0 Å². The minimum Gasteiger partial charge on any atom is -0.267 e. The lowest BCUT2D eigenvalue weighted by atomic mass is 10.2. The van der Waals surface area contributed by atoms with E-state index in [0.29, 0.717) is 0 Å². The van der Waals surface area contributed by atoms with E-state index < -0.39 is 0 Å². The molecule has 0 amide bonds. The minimum atomic E-state index is -0.283. The summed E-state index contributed by atoms with van der Waals surface area (Å²) in [5.74, 6) is 0. The molecule has 1 aromatic heterocycles. The van der Waals surface area contributed by atoms with E-state index in [0.717, 1.165) is 25.1 Å². The average molecular weight is 177 g/mol. The van der Waals surface area contributed by atoms with Crippen LogP contribution in [-0.2, 0) is 16.9 Å². The van der Waals surface area contributed by atoms with E-state index in [2.05, 4.69) is 10.1 Å². The van der Waals surface area contributed by atoms with Crippen LogP contribution in [0.15, 0.2) is 17.3 Å². The molecule has 1 saturated carbocycles. The summed E-state index contributed by atoms with van der Waals surface area (Å²) in [4.78, 5) is 14.1. The van der Waals surface area contributed by atoms with Gasteiger partial charge in [0.15, 0.2) is 0 Å². The predicted molar refractivity (Wildman–Crippen MR) is 46.9 cm³/mol. The standard InChI is InChI=1S/C9H11N3O/c1-2-12-8(3-6-11-12)9(4-5-9)10-7-13/h3,6H,2,4-5H2,1H3. The fraction of sp³-hybridized carbons (Fsp3) is 0.556. The Bertz CT molecular complexity index is 359. The first kappa shape index (κ1) is 8.20. The Morgan fingerprint density at radius 1 is 1.77 bits per heavy atom. The summed E-state index contributed by atoms with van der Waals surface area (Å²) in [6.45, 7) is 2.84. The highest BCUT2D eigenvalue weighted by atomic mass is 16.1. The van der Waals surface area contributed by atoms with Crippen LogP contribution in [0, 0.1) is 0 Å². The molecule has 0 N–H and O–H groups in total. The van der Waals surface area contributed by atoms with Gasteiger partial charge in [-0.2, -0.15) is 10.1 Å². The second kappa shape index (κ2) is 2.82. The minimum absolute atomic E-state index is 0.283. The van der Waals surface area contributed by atoms with Gasteiger partial charge in [-0.15, -0.1) is 0 Å². The van der Waals surface area contributed by atoms with Crippen molar-refractivity contribution in [2.24, 2.45) is 4.99 Å². The average Bonchev–Trinajstić information content (AvgIpc) is 2.77. The fourth-order valence-electron chi connectivity index (χ4n) is 1.61. The van der Waals surface area contributed by atoms with Gasteiger partial charge in [-0.05, 0) is 25.8 Å². The highest BCUT2D eigenvalue weighted by Crippen LogP contribution is 2.48. The predicted octanol–water partition coefficient (Wildman–Crippen LogP) is 1.23. The Hall–Kier alpha value is -1.41. The molecule has 13 heavy (non-hydrogen) atoms. The maximum Gasteiger partial charge on any atom is 0.235 e. The molecule has 68 valence electrons. The van der Waals surface area contributed by atoms with Crippen LogP contribution in [0.3, 0.4) is 0 Å². The van der Waals surface area contributed by atoms with Crippen LogP contribution in [0.4, 0.5) is 0 Å². The summed E-state index contributed by atoms with van der Waals surface area (Å²) < 4.78 is 1.88. The number of hydrogen-bond donors (Lipinski definition) is 0. The van der Waals surface area contributed by atoms with Gasteiger partial charge < -0.3 is 0 Å². The van der Waals surface area contributed by atoms with Gasteiger partial charge in [0.25, 0.3) is 0 Å². The number of rotatable bonds is 3. The molecule has 0 aliphatic heterocycles. The highest BCUT2D eigenvalue weighted by molar-refractivity contribution is 5.39. The zero-order valence-corrected chi connectivity index (χ0v) is 7.53. The van der Waals surface area contributed by atoms with Crippen molar-refractivity contribution < 1.29 is 4.79 Å². The molecule has 1 aromatic rings. The lowest BCUT2D eigenvalue weighted by Crippen LogP contribution is -2.11. The molecule has 0 radical (unpaired) electrons. The summed E-state index contributed by atoms with van der Waals surface area (Å²) in [6.07, 6.45) is 5.27. The van der Waals surface area contributed by atoms with Crippen molar-refractivity contribution >= 4 is 6.08 Å². The van der Waals surface area contributed by atoms with Crippen LogP contribution in [0.5, 0.6) is 0 Å². The molecular formula is C9H11N3O. The molecule has 4 heteroatoms. The summed E-state index contributed by atoms with van der Waals surface area (Å²) in [7, 11) is 0. The van der Waals surface area contributed by atoms with Crippen molar-refractivity contribution in [3.05, 3.63) is 18.0 Å². The molecule has 0 saturated heterocycles. The quantitative estimate of drug-likeness (QED) is 0.515. The molecule has 1 aliphatic carbocycles. The molecule has 1 heterocycles. The number of carbonyl (C=O) groups excluding carboxylic acids is 1. The third-order valence-corrected chi connectivity index (χ3v) is 2.48. The lowest BCUT2D eigenvalue weighted by molar-refractivity contribution is 0.539. The second-order valence-electron chi connectivity index (χ2n) is 3.27. The van der Waals surface area contributed by atoms with Crippen LogP contribution < -0.4 is 0 Å². The van der Waals surface area contributed by atoms with E-state index in [9.17, 15) is 4.79 Å². The number of isocyanates is 1. The molecule has 1 aliphatic rings. The van der Waals surface area contributed by atoms with Gasteiger partial charge in [0.1, 0.15) is 5.54 Å². The summed E-state index contributed by atoms with van der Waals surface area (Å²) in [5.41, 5.74) is 0.757. The second-order valence-corrected chi connectivity index (χ2v) is 3.27. The van der Waals surface area contributed by atoms with Crippen molar-refractivity contribution in [2.45, 2.75) is 31.8 Å². The Balaban J connectivity index is 2.39. The molecule has 0 unspecified atom stereocenters. The van der Waals surface area contributed by atoms with Crippen molar-refractivity contribution in [2.75, 3.05) is 0 Å². The molecule has 4 nitrogen and oxygen atoms in total. The van der Waals surface area contributed by atoms with E-state index in [-0.39, 0.29) is 5.54 Å². The number of nitrogens with zero attached hydrogens (tertiary/aromatic N) is 3. The molecule has 0 aromatic carbocycles. The van der Waals surface area contributed by atoms with Gasteiger partial charge in [0.2, 0.25) is 6.08 Å². The van der Waals surface area contributed by atoms with E-state index in [1.165, 1.54) is 0 Å². The van der Waals surface area contributed by atoms with Crippen molar-refractivity contribution in [3.8, 4) is 0 Å². The summed E-state index contributed by atoms with van der Waals surface area (Å²) in [6, 6.07) is 1.93. The Morgan fingerprint density at radius 2 is 2.54 bits per heavy atom. The van der Waals surface area contributed by atoms with E-state index >= 15 is 0 Å². The fourth-order valence-corrected chi connectivity index (χ4v) is 1.61. The number of aliphatic imine (C=N–C) groups is 1. The van der Waals surface area contributed by atoms with Crippen LogP contribution in [-0.4, -0.2) is 15.9 Å². The Labute approximate surface area is 76.3 Å².